The van der Waals surface area contributed by atoms with E-state index in [-0.39, 0.29) is 18.2 Å². The SMILES string of the molecule is CCC(C(=O)NC)N(Cc1ccccc1Cl)C(=O)Cc1ccccc1. The van der Waals surface area contributed by atoms with Crippen molar-refractivity contribution in [3.63, 3.8) is 0 Å². The summed E-state index contributed by atoms with van der Waals surface area (Å²) in [6.07, 6.45) is 0.781. The molecule has 1 N–H and O–H groups in total. The Balaban J connectivity index is 2.29. The van der Waals surface area contributed by atoms with Crippen LogP contribution < -0.4 is 5.32 Å². The summed E-state index contributed by atoms with van der Waals surface area (Å²) in [5, 5.41) is 3.24. The number of hydrogen-bond donors (Lipinski definition) is 1. The van der Waals surface area contributed by atoms with Gasteiger partial charge in [0.25, 0.3) is 0 Å². The molecule has 0 fully saturated rings. The van der Waals surface area contributed by atoms with Gasteiger partial charge in [0.15, 0.2) is 0 Å². The molecule has 132 valence electrons. The zero-order valence-corrected chi connectivity index (χ0v) is 15.3. The van der Waals surface area contributed by atoms with E-state index in [0.717, 1.165) is 11.1 Å². The van der Waals surface area contributed by atoms with Gasteiger partial charge in [-0.3, -0.25) is 9.59 Å². The molecule has 0 saturated heterocycles. The molecule has 0 radical (unpaired) electrons. The standard InChI is InChI=1S/C20H23ClN2O2/c1-3-18(20(25)22-2)23(14-16-11-7-8-12-17(16)21)19(24)13-15-9-5-4-6-10-15/h4-12,18H,3,13-14H2,1-2H3,(H,22,25). The van der Waals surface area contributed by atoms with Gasteiger partial charge in [0.05, 0.1) is 6.42 Å². The van der Waals surface area contributed by atoms with Gasteiger partial charge in [-0.05, 0) is 23.6 Å². The molecule has 0 spiro atoms. The van der Waals surface area contributed by atoms with Crippen LogP contribution in [0.4, 0.5) is 0 Å². The van der Waals surface area contributed by atoms with Crippen LogP contribution in [0.15, 0.2) is 54.6 Å². The van der Waals surface area contributed by atoms with Crippen molar-refractivity contribution in [2.45, 2.75) is 32.4 Å². The van der Waals surface area contributed by atoms with E-state index in [4.69, 9.17) is 11.6 Å². The molecule has 0 saturated carbocycles. The summed E-state index contributed by atoms with van der Waals surface area (Å²) in [7, 11) is 1.58. The summed E-state index contributed by atoms with van der Waals surface area (Å²) in [6.45, 7) is 2.20. The molecule has 0 aliphatic heterocycles. The fraction of sp³-hybridized carbons (Fsp3) is 0.300. The third-order valence-electron chi connectivity index (χ3n) is 4.13. The van der Waals surface area contributed by atoms with Crippen molar-refractivity contribution in [3.8, 4) is 0 Å². The van der Waals surface area contributed by atoms with Crippen LogP contribution >= 0.6 is 11.6 Å². The van der Waals surface area contributed by atoms with Crippen LogP contribution in [0.3, 0.4) is 0 Å². The number of carbonyl (C=O) groups is 2. The lowest BCUT2D eigenvalue weighted by Gasteiger charge is -2.30. The number of hydrogen-bond acceptors (Lipinski definition) is 2. The van der Waals surface area contributed by atoms with Crippen LogP contribution in [0.1, 0.15) is 24.5 Å². The topological polar surface area (TPSA) is 49.4 Å². The van der Waals surface area contributed by atoms with Gasteiger partial charge in [-0.15, -0.1) is 0 Å². The fourth-order valence-electron chi connectivity index (χ4n) is 2.77. The molecule has 0 aromatic heterocycles. The molecule has 4 nitrogen and oxygen atoms in total. The van der Waals surface area contributed by atoms with Crippen molar-refractivity contribution in [3.05, 3.63) is 70.7 Å². The second-order valence-corrected chi connectivity index (χ2v) is 6.22. The quantitative estimate of drug-likeness (QED) is 0.824. The molecule has 2 rings (SSSR count). The first-order chi connectivity index (χ1) is 12.1. The van der Waals surface area contributed by atoms with Gasteiger partial charge in [-0.25, -0.2) is 0 Å². The van der Waals surface area contributed by atoms with Crippen LogP contribution in [0.5, 0.6) is 0 Å². The summed E-state index contributed by atoms with van der Waals surface area (Å²) in [5.41, 5.74) is 1.75. The van der Waals surface area contributed by atoms with E-state index in [1.165, 1.54) is 0 Å². The molecule has 2 aromatic carbocycles. The number of rotatable bonds is 7. The van der Waals surface area contributed by atoms with E-state index in [9.17, 15) is 9.59 Å². The van der Waals surface area contributed by atoms with E-state index in [1.807, 2.05) is 55.5 Å². The average Bonchev–Trinajstić information content (AvgIpc) is 2.63. The Labute approximate surface area is 153 Å². The Morgan fingerprint density at radius 3 is 2.32 bits per heavy atom. The highest BCUT2D eigenvalue weighted by molar-refractivity contribution is 6.31. The number of nitrogens with zero attached hydrogens (tertiary/aromatic N) is 1. The zero-order valence-electron chi connectivity index (χ0n) is 14.5. The number of halogens is 1. The molecule has 0 aliphatic rings. The third-order valence-corrected chi connectivity index (χ3v) is 4.50. The highest BCUT2D eigenvalue weighted by Crippen LogP contribution is 2.20. The lowest BCUT2D eigenvalue weighted by molar-refractivity contribution is -0.140. The number of carbonyl (C=O) groups excluding carboxylic acids is 2. The molecule has 0 aliphatic carbocycles. The van der Waals surface area contributed by atoms with Crippen LogP contribution in [-0.2, 0) is 22.6 Å². The van der Waals surface area contributed by atoms with Gasteiger partial charge in [-0.1, -0.05) is 67.1 Å². The highest BCUT2D eigenvalue weighted by Gasteiger charge is 2.28. The largest absolute Gasteiger partial charge is 0.357 e. The normalized spacial score (nSPS) is 11.6. The molecule has 1 atom stereocenters. The Morgan fingerprint density at radius 1 is 1.08 bits per heavy atom. The summed E-state index contributed by atoms with van der Waals surface area (Å²) < 4.78 is 0. The molecule has 2 aromatic rings. The maximum Gasteiger partial charge on any atom is 0.242 e. The van der Waals surface area contributed by atoms with Crippen molar-refractivity contribution in [1.29, 1.82) is 0 Å². The van der Waals surface area contributed by atoms with Gasteiger partial charge >= 0.3 is 0 Å². The minimum absolute atomic E-state index is 0.0958. The van der Waals surface area contributed by atoms with Crippen molar-refractivity contribution < 1.29 is 9.59 Å². The first kappa shape index (κ1) is 19.0. The van der Waals surface area contributed by atoms with Crippen molar-refractivity contribution >= 4 is 23.4 Å². The van der Waals surface area contributed by atoms with Crippen LogP contribution in [-0.4, -0.2) is 29.8 Å². The molecule has 5 heteroatoms. The van der Waals surface area contributed by atoms with E-state index < -0.39 is 6.04 Å². The number of benzene rings is 2. The predicted octanol–water partition coefficient (Wildman–Crippen LogP) is 3.44. The first-order valence-electron chi connectivity index (χ1n) is 8.35. The molecular formula is C20H23ClN2O2. The maximum absolute atomic E-state index is 13.0. The fourth-order valence-corrected chi connectivity index (χ4v) is 2.96. The van der Waals surface area contributed by atoms with Crippen molar-refractivity contribution in [2.75, 3.05) is 7.05 Å². The molecule has 25 heavy (non-hydrogen) atoms. The lowest BCUT2D eigenvalue weighted by Crippen LogP contribution is -2.48. The van der Waals surface area contributed by atoms with E-state index in [1.54, 1.807) is 18.0 Å². The summed E-state index contributed by atoms with van der Waals surface area (Å²) in [6, 6.07) is 16.4. The Bertz CT molecular complexity index is 719. The van der Waals surface area contributed by atoms with Gasteiger partial charge < -0.3 is 10.2 Å². The molecule has 1 unspecified atom stereocenters. The third kappa shape index (κ3) is 5.07. The van der Waals surface area contributed by atoms with Crippen LogP contribution in [0.2, 0.25) is 5.02 Å². The van der Waals surface area contributed by atoms with Gasteiger partial charge in [0.2, 0.25) is 11.8 Å². The van der Waals surface area contributed by atoms with Gasteiger partial charge in [0, 0.05) is 18.6 Å². The Kier molecular flexibility index (Phi) is 7.02. The second kappa shape index (κ2) is 9.23. The van der Waals surface area contributed by atoms with Crippen molar-refractivity contribution in [1.82, 2.24) is 10.2 Å². The molecule has 0 bridgehead atoms. The highest BCUT2D eigenvalue weighted by atomic mass is 35.5. The minimum atomic E-state index is -0.530. The van der Waals surface area contributed by atoms with Gasteiger partial charge in [-0.2, -0.15) is 0 Å². The minimum Gasteiger partial charge on any atom is -0.357 e. The molecule has 2 amide bonds. The Hall–Kier alpha value is -2.33. The number of likely N-dealkylation sites (N-methyl/N-ethyl adjacent to an activating group) is 1. The van der Waals surface area contributed by atoms with E-state index in [0.29, 0.717) is 18.0 Å². The van der Waals surface area contributed by atoms with Crippen LogP contribution in [0, 0.1) is 0 Å². The molecular weight excluding hydrogens is 336 g/mol. The maximum atomic E-state index is 13.0. The number of nitrogens with one attached hydrogen (secondary N) is 1. The second-order valence-electron chi connectivity index (χ2n) is 5.81. The summed E-state index contributed by atoms with van der Waals surface area (Å²) in [5.74, 6) is -0.266. The summed E-state index contributed by atoms with van der Waals surface area (Å²) in [4.78, 5) is 26.8. The molecule has 0 heterocycles. The summed E-state index contributed by atoms with van der Waals surface area (Å²) >= 11 is 6.26. The Morgan fingerprint density at radius 2 is 1.72 bits per heavy atom. The van der Waals surface area contributed by atoms with E-state index >= 15 is 0 Å². The zero-order chi connectivity index (χ0) is 18.2. The monoisotopic (exact) mass is 358 g/mol. The number of amides is 2. The predicted molar refractivity (Wildman–Crippen MR) is 100 cm³/mol. The van der Waals surface area contributed by atoms with Crippen LogP contribution in [0.25, 0.3) is 0 Å². The smallest absolute Gasteiger partial charge is 0.242 e. The first-order valence-corrected chi connectivity index (χ1v) is 8.73. The average molecular weight is 359 g/mol. The lowest BCUT2D eigenvalue weighted by atomic mass is 10.1. The van der Waals surface area contributed by atoms with E-state index in [2.05, 4.69) is 5.32 Å². The van der Waals surface area contributed by atoms with Crippen molar-refractivity contribution in [2.24, 2.45) is 0 Å². The van der Waals surface area contributed by atoms with Gasteiger partial charge in [0.1, 0.15) is 6.04 Å².